The molecule has 0 unspecified atom stereocenters. The highest BCUT2D eigenvalue weighted by Gasteiger charge is 2.14. The van der Waals surface area contributed by atoms with Crippen LogP contribution in [0, 0.1) is 6.92 Å². The molecule has 0 heterocycles. The smallest absolute Gasteiger partial charge is 0.240 e. The van der Waals surface area contributed by atoms with Gasteiger partial charge in [0.15, 0.2) is 0 Å². The highest BCUT2D eigenvalue weighted by atomic mass is 32.2. The van der Waals surface area contributed by atoms with Gasteiger partial charge in [-0.1, -0.05) is 18.3 Å². The third-order valence-electron chi connectivity index (χ3n) is 3.09. The standard InChI is InChI=1S/C14H22N2O3S2/c1-11-10-12(6-7-13(11)14(15)20)21(17,18)16-8-4-3-5-9-19-2/h6-7,10,16H,3-5,8-9H2,1-2H3,(H2,15,20). The molecule has 0 fully saturated rings. The summed E-state index contributed by atoms with van der Waals surface area (Å²) in [7, 11) is -1.83. The van der Waals surface area contributed by atoms with E-state index in [2.05, 4.69) is 4.72 Å². The average molecular weight is 330 g/mol. The van der Waals surface area contributed by atoms with Gasteiger partial charge in [0.05, 0.1) is 4.90 Å². The van der Waals surface area contributed by atoms with Gasteiger partial charge in [-0.3, -0.25) is 0 Å². The topological polar surface area (TPSA) is 81.4 Å². The summed E-state index contributed by atoms with van der Waals surface area (Å²) < 4.78 is 31.8. The Kier molecular flexibility index (Phi) is 7.24. The van der Waals surface area contributed by atoms with Gasteiger partial charge < -0.3 is 10.5 Å². The number of thiocarbonyl (C=S) groups is 1. The second kappa shape index (κ2) is 8.43. The highest BCUT2D eigenvalue weighted by Crippen LogP contribution is 2.15. The van der Waals surface area contributed by atoms with Gasteiger partial charge in [-0.15, -0.1) is 0 Å². The first kappa shape index (κ1) is 18.0. The number of hydrogen-bond acceptors (Lipinski definition) is 4. The van der Waals surface area contributed by atoms with E-state index in [1.807, 2.05) is 0 Å². The molecule has 0 spiro atoms. The number of aryl methyl sites for hydroxylation is 1. The number of unbranched alkanes of at least 4 members (excludes halogenated alkanes) is 2. The summed E-state index contributed by atoms with van der Waals surface area (Å²) in [4.78, 5) is 0.499. The van der Waals surface area contributed by atoms with E-state index in [-0.39, 0.29) is 9.88 Å². The number of rotatable bonds is 9. The van der Waals surface area contributed by atoms with Crippen LogP contribution in [-0.2, 0) is 14.8 Å². The van der Waals surface area contributed by atoms with Crippen LogP contribution in [0.2, 0.25) is 0 Å². The van der Waals surface area contributed by atoms with E-state index in [9.17, 15) is 8.42 Å². The molecule has 1 aromatic rings. The summed E-state index contributed by atoms with van der Waals surface area (Å²) in [5, 5.41) is 0. The van der Waals surface area contributed by atoms with E-state index in [4.69, 9.17) is 22.7 Å². The van der Waals surface area contributed by atoms with Gasteiger partial charge in [-0.2, -0.15) is 0 Å². The first-order chi connectivity index (χ1) is 9.88. The molecule has 0 aliphatic rings. The second-order valence-corrected chi connectivity index (χ2v) is 7.00. The maximum absolute atomic E-state index is 12.2. The molecule has 3 N–H and O–H groups in total. The van der Waals surface area contributed by atoms with Crippen molar-refractivity contribution in [2.75, 3.05) is 20.3 Å². The van der Waals surface area contributed by atoms with Crippen molar-refractivity contribution in [3.63, 3.8) is 0 Å². The van der Waals surface area contributed by atoms with Crippen LogP contribution in [0.1, 0.15) is 30.4 Å². The summed E-state index contributed by atoms with van der Waals surface area (Å²) in [6.45, 7) is 2.91. The molecule has 5 nitrogen and oxygen atoms in total. The lowest BCUT2D eigenvalue weighted by molar-refractivity contribution is 0.192. The maximum Gasteiger partial charge on any atom is 0.240 e. The van der Waals surface area contributed by atoms with Crippen molar-refractivity contribution in [1.82, 2.24) is 4.72 Å². The van der Waals surface area contributed by atoms with Crippen molar-refractivity contribution in [2.45, 2.75) is 31.1 Å². The molecule has 0 aliphatic carbocycles. The molecule has 1 aromatic carbocycles. The van der Waals surface area contributed by atoms with Crippen molar-refractivity contribution < 1.29 is 13.2 Å². The zero-order valence-electron chi connectivity index (χ0n) is 12.4. The highest BCUT2D eigenvalue weighted by molar-refractivity contribution is 7.89. The van der Waals surface area contributed by atoms with Crippen LogP contribution in [0.25, 0.3) is 0 Å². The van der Waals surface area contributed by atoms with Crippen LogP contribution >= 0.6 is 12.2 Å². The minimum atomic E-state index is -3.48. The summed E-state index contributed by atoms with van der Waals surface area (Å²) >= 11 is 4.91. The van der Waals surface area contributed by atoms with Gasteiger partial charge in [0, 0.05) is 25.8 Å². The van der Waals surface area contributed by atoms with Gasteiger partial charge in [0.2, 0.25) is 10.0 Å². The Balaban J connectivity index is 2.62. The third-order valence-corrected chi connectivity index (χ3v) is 4.77. The minimum absolute atomic E-state index is 0.233. The number of nitrogens with one attached hydrogen (secondary N) is 1. The molecule has 0 bridgehead atoms. The second-order valence-electron chi connectivity index (χ2n) is 4.79. The third kappa shape index (κ3) is 5.70. The molecule has 0 amide bonds. The fraction of sp³-hybridized carbons (Fsp3) is 0.500. The van der Waals surface area contributed by atoms with E-state index >= 15 is 0 Å². The number of methoxy groups -OCH3 is 1. The molecule has 0 atom stereocenters. The normalized spacial score (nSPS) is 11.5. The quantitative estimate of drug-likeness (QED) is 0.532. The predicted molar refractivity (Wildman–Crippen MR) is 88.0 cm³/mol. The molecule has 118 valence electrons. The Bertz CT molecular complexity index is 586. The van der Waals surface area contributed by atoms with Crippen molar-refractivity contribution in [3.05, 3.63) is 29.3 Å². The first-order valence-corrected chi connectivity index (χ1v) is 8.66. The summed E-state index contributed by atoms with van der Waals surface area (Å²) in [5.74, 6) is 0. The number of ether oxygens (including phenoxy) is 1. The zero-order valence-corrected chi connectivity index (χ0v) is 14.0. The van der Waals surface area contributed by atoms with Crippen LogP contribution in [0.4, 0.5) is 0 Å². The Morgan fingerprint density at radius 2 is 2.05 bits per heavy atom. The van der Waals surface area contributed by atoms with Crippen molar-refractivity contribution in [2.24, 2.45) is 5.73 Å². The van der Waals surface area contributed by atoms with Crippen LogP contribution in [-0.4, -0.2) is 33.7 Å². The Hall–Kier alpha value is -1.02. The molecule has 0 saturated heterocycles. The fourth-order valence-corrected chi connectivity index (χ4v) is 3.31. The zero-order chi connectivity index (χ0) is 15.9. The SMILES string of the molecule is COCCCCCNS(=O)(=O)c1ccc(C(N)=S)c(C)c1. The molecule has 1 rings (SSSR count). The van der Waals surface area contributed by atoms with Crippen LogP contribution in [0.3, 0.4) is 0 Å². The van der Waals surface area contributed by atoms with Gasteiger partial charge in [-0.25, -0.2) is 13.1 Å². The Labute approximate surface area is 131 Å². The lowest BCUT2D eigenvalue weighted by atomic mass is 10.1. The fourth-order valence-electron chi connectivity index (χ4n) is 1.92. The molecule has 21 heavy (non-hydrogen) atoms. The van der Waals surface area contributed by atoms with Gasteiger partial charge in [0.1, 0.15) is 4.99 Å². The molecule has 0 saturated carbocycles. The summed E-state index contributed by atoms with van der Waals surface area (Å²) in [6, 6.07) is 4.75. The van der Waals surface area contributed by atoms with Crippen molar-refractivity contribution in [3.8, 4) is 0 Å². The molecule has 0 aromatic heterocycles. The average Bonchev–Trinajstić information content (AvgIpc) is 2.42. The van der Waals surface area contributed by atoms with Crippen molar-refractivity contribution in [1.29, 1.82) is 0 Å². The number of hydrogen-bond donors (Lipinski definition) is 2. The monoisotopic (exact) mass is 330 g/mol. The Morgan fingerprint density at radius 1 is 1.33 bits per heavy atom. The van der Waals surface area contributed by atoms with E-state index in [0.717, 1.165) is 24.8 Å². The molecular formula is C14H22N2O3S2. The number of nitrogens with two attached hydrogens (primary N) is 1. The predicted octanol–water partition coefficient (Wildman–Crippen LogP) is 1.72. The largest absolute Gasteiger partial charge is 0.389 e. The lowest BCUT2D eigenvalue weighted by Gasteiger charge is -2.09. The summed E-state index contributed by atoms with van der Waals surface area (Å²) in [6.07, 6.45) is 2.64. The van der Waals surface area contributed by atoms with E-state index < -0.39 is 10.0 Å². The van der Waals surface area contributed by atoms with E-state index in [1.54, 1.807) is 26.2 Å². The maximum atomic E-state index is 12.2. The van der Waals surface area contributed by atoms with Gasteiger partial charge in [-0.05, 0) is 43.9 Å². The summed E-state index contributed by atoms with van der Waals surface area (Å²) in [5.41, 5.74) is 7.02. The molecular weight excluding hydrogens is 308 g/mol. The molecule has 7 heteroatoms. The van der Waals surface area contributed by atoms with E-state index in [1.165, 1.54) is 6.07 Å². The van der Waals surface area contributed by atoms with Crippen molar-refractivity contribution >= 4 is 27.2 Å². The first-order valence-electron chi connectivity index (χ1n) is 6.77. The number of sulfonamides is 1. The molecule has 0 radical (unpaired) electrons. The van der Waals surface area contributed by atoms with Gasteiger partial charge in [0.25, 0.3) is 0 Å². The lowest BCUT2D eigenvalue weighted by Crippen LogP contribution is -2.25. The molecule has 0 aliphatic heterocycles. The Morgan fingerprint density at radius 3 is 2.62 bits per heavy atom. The number of benzene rings is 1. The van der Waals surface area contributed by atoms with Crippen LogP contribution in [0.5, 0.6) is 0 Å². The minimum Gasteiger partial charge on any atom is -0.389 e. The van der Waals surface area contributed by atoms with Crippen LogP contribution < -0.4 is 10.5 Å². The van der Waals surface area contributed by atoms with Gasteiger partial charge >= 0.3 is 0 Å². The van der Waals surface area contributed by atoms with E-state index in [0.29, 0.717) is 18.7 Å². The van der Waals surface area contributed by atoms with Crippen LogP contribution in [0.15, 0.2) is 23.1 Å².